The summed E-state index contributed by atoms with van der Waals surface area (Å²) in [4.78, 5) is 17.0. The van der Waals surface area contributed by atoms with Gasteiger partial charge in [0.25, 0.3) is 0 Å². The van der Waals surface area contributed by atoms with E-state index in [-0.39, 0.29) is 12.3 Å². The molecule has 0 bridgehead atoms. The fourth-order valence-corrected chi connectivity index (χ4v) is 7.50. The highest BCUT2D eigenvalue weighted by Crippen LogP contribution is 2.55. The van der Waals surface area contributed by atoms with E-state index in [4.69, 9.17) is 0 Å². The monoisotopic (exact) mass is 563 g/mol. The van der Waals surface area contributed by atoms with Crippen LogP contribution in [-0.4, -0.2) is 51.0 Å². The van der Waals surface area contributed by atoms with Crippen molar-refractivity contribution in [2.45, 2.75) is 70.9 Å². The Morgan fingerprint density at radius 1 is 1.15 bits per heavy atom. The summed E-state index contributed by atoms with van der Waals surface area (Å²) in [6.07, 6.45) is 3.22. The van der Waals surface area contributed by atoms with Crippen molar-refractivity contribution >= 4 is 27.8 Å². The van der Waals surface area contributed by atoms with Crippen LogP contribution in [0, 0.1) is 19.8 Å². The topological polar surface area (TPSA) is 125 Å². The van der Waals surface area contributed by atoms with Gasteiger partial charge in [-0.1, -0.05) is 42.8 Å². The Labute approximate surface area is 236 Å². The van der Waals surface area contributed by atoms with Gasteiger partial charge in [-0.05, 0) is 79.1 Å². The van der Waals surface area contributed by atoms with E-state index in [0.29, 0.717) is 31.0 Å². The lowest BCUT2D eigenvalue weighted by atomic mass is 9.84. The summed E-state index contributed by atoms with van der Waals surface area (Å²) in [5.74, 6) is -1.05. The predicted molar refractivity (Wildman–Crippen MR) is 156 cm³/mol. The molecule has 212 valence electrons. The Balaban J connectivity index is 1.55. The lowest BCUT2D eigenvalue weighted by Gasteiger charge is -2.43. The first kappa shape index (κ1) is 28.2. The van der Waals surface area contributed by atoms with Crippen LogP contribution in [0.1, 0.15) is 66.1 Å². The van der Waals surface area contributed by atoms with Crippen LogP contribution in [0.3, 0.4) is 0 Å². The molecule has 0 saturated carbocycles. The molecule has 2 atom stereocenters. The summed E-state index contributed by atoms with van der Waals surface area (Å²) >= 11 is 0. The lowest BCUT2D eigenvalue weighted by molar-refractivity contribution is -0.137. The van der Waals surface area contributed by atoms with E-state index in [9.17, 15) is 19.0 Å². The van der Waals surface area contributed by atoms with E-state index in [1.807, 2.05) is 55.8 Å². The third kappa shape index (κ3) is 5.24. The van der Waals surface area contributed by atoms with Crippen LogP contribution in [0.15, 0.2) is 53.6 Å². The van der Waals surface area contributed by atoms with Gasteiger partial charge in [-0.15, -0.1) is 15.9 Å². The molecule has 2 aromatic carbocycles. The quantitative estimate of drug-likeness (QED) is 0.232. The Bertz CT molecular complexity index is 1550. The molecule has 0 spiro atoms. The highest BCUT2D eigenvalue weighted by molar-refractivity contribution is 8.22. The summed E-state index contributed by atoms with van der Waals surface area (Å²) in [7, 11) is -3.25. The van der Waals surface area contributed by atoms with Gasteiger partial charge in [0, 0.05) is 31.7 Å². The largest absolute Gasteiger partial charge is 0.481 e. The van der Waals surface area contributed by atoms with Crippen LogP contribution in [-0.2, 0) is 24.3 Å². The molecule has 1 aliphatic rings. The second-order valence-electron chi connectivity index (χ2n) is 10.7. The summed E-state index contributed by atoms with van der Waals surface area (Å²) in [6.45, 7) is 9.65. The first-order valence-electron chi connectivity index (χ1n) is 13.7. The minimum atomic E-state index is -3.25. The molecule has 0 radical (unpaired) electrons. The molecule has 4 aromatic rings. The van der Waals surface area contributed by atoms with Crippen molar-refractivity contribution in [1.82, 2.24) is 24.3 Å². The van der Waals surface area contributed by atoms with E-state index < -0.39 is 22.7 Å². The summed E-state index contributed by atoms with van der Waals surface area (Å²) in [6, 6.07) is 13.5. The van der Waals surface area contributed by atoms with E-state index in [0.717, 1.165) is 51.0 Å². The van der Waals surface area contributed by atoms with Crippen molar-refractivity contribution in [1.29, 1.82) is 0 Å². The zero-order chi connectivity index (χ0) is 28.6. The van der Waals surface area contributed by atoms with E-state index >= 15 is 0 Å². The van der Waals surface area contributed by atoms with Gasteiger partial charge in [0.1, 0.15) is 5.52 Å². The smallest absolute Gasteiger partial charge is 0.304 e. The molecule has 10 heteroatoms. The number of hydrogen-bond donors (Lipinski definition) is 3. The molecule has 3 N–H and O–H groups in total. The number of carboxylic acid groups (broad SMARTS) is 1. The molecule has 1 aliphatic heterocycles. The fraction of sp³-hybridized carbons (Fsp3) is 0.400. The van der Waals surface area contributed by atoms with E-state index in [2.05, 4.69) is 22.2 Å². The third-order valence-corrected chi connectivity index (χ3v) is 10.1. The molecule has 2 aromatic heterocycles. The average Bonchev–Trinajstić information content (AvgIpc) is 3.32. The maximum atomic E-state index is 12.1. The van der Waals surface area contributed by atoms with Crippen LogP contribution < -0.4 is 0 Å². The summed E-state index contributed by atoms with van der Waals surface area (Å²) < 4.78 is 26.6. The number of pyridine rings is 1. The summed E-state index contributed by atoms with van der Waals surface area (Å²) in [5.41, 5.74) is 7.08. The van der Waals surface area contributed by atoms with Crippen LogP contribution in [0.5, 0.6) is 0 Å². The van der Waals surface area contributed by atoms with Crippen LogP contribution in [0.4, 0.5) is 0 Å². The number of aliphatic carboxylic acids is 1. The van der Waals surface area contributed by atoms with Gasteiger partial charge in [-0.2, -0.15) is 4.31 Å². The second-order valence-corrected chi connectivity index (χ2v) is 12.7. The van der Waals surface area contributed by atoms with E-state index in [1.54, 1.807) is 22.6 Å². The van der Waals surface area contributed by atoms with Crippen molar-refractivity contribution in [3.8, 4) is 0 Å². The predicted octanol–water partition coefficient (Wildman–Crippen LogP) is 6.18. The molecule has 40 heavy (non-hydrogen) atoms. The normalized spacial score (nSPS) is 18.7. The van der Waals surface area contributed by atoms with Gasteiger partial charge in [-0.3, -0.25) is 18.9 Å². The highest BCUT2D eigenvalue weighted by atomic mass is 32.3. The lowest BCUT2D eigenvalue weighted by Crippen LogP contribution is -2.31. The fourth-order valence-electron chi connectivity index (χ4n) is 5.77. The minimum absolute atomic E-state index is 0.0768. The van der Waals surface area contributed by atoms with Gasteiger partial charge in [-0.25, -0.2) is 4.68 Å². The minimum Gasteiger partial charge on any atom is -0.481 e. The second kappa shape index (κ2) is 11.3. The molecule has 0 aliphatic carbocycles. The Morgan fingerprint density at radius 3 is 2.67 bits per heavy atom. The number of hydrogen-bond acceptors (Lipinski definition) is 7. The zero-order valence-corrected chi connectivity index (χ0v) is 24.2. The number of nitrogens with zero attached hydrogens (tertiary/aromatic N) is 5. The standard InChI is InChI=1S/C30H37N5O4S/c1-5-21-14-26-28(8-7-13-31-26)40(38,39)34(17-21)18-23-15-22(10-9-19(23)3)25(16-29(36)37)24-11-12-27-30(20(24)4)32-33-35(27)6-2/h7-13,15,21,25,38-39H,5-6,14,16-18H2,1-4H3,(H,36,37)/t21-,25-/m0/s1. The van der Waals surface area contributed by atoms with Crippen molar-refractivity contribution in [3.05, 3.63) is 82.2 Å². The molecule has 3 heterocycles. The Hall–Kier alpha value is -3.31. The molecule has 5 rings (SSSR count). The number of aryl methyl sites for hydroxylation is 3. The number of fused-ring (bicyclic) bond motifs is 2. The molecule has 0 unspecified atom stereocenters. The van der Waals surface area contributed by atoms with Gasteiger partial charge in [0.2, 0.25) is 0 Å². The van der Waals surface area contributed by atoms with Gasteiger partial charge < -0.3 is 5.11 Å². The number of rotatable bonds is 8. The maximum Gasteiger partial charge on any atom is 0.304 e. The van der Waals surface area contributed by atoms with Gasteiger partial charge in [0.05, 0.1) is 22.5 Å². The highest BCUT2D eigenvalue weighted by Gasteiger charge is 2.34. The SMILES string of the molecule is CC[C@H]1Cc2ncccc2S(O)(O)N(Cc2cc([C@H](CC(=O)O)c3ccc4c(nnn4CC)c3C)ccc2C)C1. The van der Waals surface area contributed by atoms with Gasteiger partial charge >= 0.3 is 5.97 Å². The average molecular weight is 564 g/mol. The molecule has 0 saturated heterocycles. The zero-order valence-electron chi connectivity index (χ0n) is 23.4. The first-order chi connectivity index (χ1) is 19.1. The first-order valence-corrected chi connectivity index (χ1v) is 15.3. The molecular formula is C30H37N5O4S. The molecule has 0 fully saturated rings. The number of aromatic nitrogens is 4. The van der Waals surface area contributed by atoms with Crippen molar-refractivity contribution in [2.75, 3.05) is 6.54 Å². The summed E-state index contributed by atoms with van der Waals surface area (Å²) in [5, 5.41) is 18.5. The Morgan fingerprint density at radius 2 is 1.95 bits per heavy atom. The van der Waals surface area contributed by atoms with E-state index in [1.165, 1.54) is 0 Å². The van der Waals surface area contributed by atoms with Crippen molar-refractivity contribution in [3.63, 3.8) is 0 Å². The van der Waals surface area contributed by atoms with Crippen molar-refractivity contribution < 1.29 is 19.0 Å². The maximum absolute atomic E-state index is 12.1. The number of benzene rings is 2. The molecule has 0 amide bonds. The Kier molecular flexibility index (Phi) is 7.96. The third-order valence-electron chi connectivity index (χ3n) is 8.18. The van der Waals surface area contributed by atoms with Crippen LogP contribution >= 0.6 is 10.8 Å². The molecular weight excluding hydrogens is 526 g/mol. The number of carboxylic acids is 1. The van der Waals surface area contributed by atoms with Crippen LogP contribution in [0.2, 0.25) is 0 Å². The van der Waals surface area contributed by atoms with Crippen molar-refractivity contribution in [2.24, 2.45) is 5.92 Å². The number of carbonyl (C=O) groups is 1. The van der Waals surface area contributed by atoms with Gasteiger partial charge in [0.15, 0.2) is 0 Å². The van der Waals surface area contributed by atoms with Crippen LogP contribution in [0.25, 0.3) is 11.0 Å². The molecule has 9 nitrogen and oxygen atoms in total.